The smallest absolute Gasteiger partial charge is 0.161 e. The Bertz CT molecular complexity index is 606. The number of methoxy groups -OCH3 is 2. The molecule has 2 aromatic rings. The Morgan fingerprint density at radius 3 is 2.41 bits per heavy atom. The van der Waals surface area contributed by atoms with Crippen LogP contribution in [0.5, 0.6) is 11.5 Å². The van der Waals surface area contributed by atoms with Gasteiger partial charge in [-0.25, -0.2) is 4.98 Å². The van der Waals surface area contributed by atoms with E-state index >= 15 is 0 Å². The topological polar surface area (TPSA) is 81.8 Å². The number of nitrogens with one attached hydrogen (secondary N) is 1. The molecule has 120 valence electrons. The molecule has 8 heteroatoms. The van der Waals surface area contributed by atoms with E-state index in [0.717, 1.165) is 5.56 Å². The van der Waals surface area contributed by atoms with Gasteiger partial charge in [-0.1, -0.05) is 0 Å². The lowest BCUT2D eigenvalue weighted by atomic mass is 10.2. The van der Waals surface area contributed by atoms with Crippen LogP contribution in [0.3, 0.4) is 0 Å². The maximum Gasteiger partial charge on any atom is 0.161 e. The summed E-state index contributed by atoms with van der Waals surface area (Å²) in [4.78, 5) is 4.08. The van der Waals surface area contributed by atoms with E-state index in [1.54, 1.807) is 38.8 Å². The number of anilines is 2. The van der Waals surface area contributed by atoms with E-state index in [0.29, 0.717) is 23.0 Å². The van der Waals surface area contributed by atoms with E-state index in [2.05, 4.69) is 15.5 Å². The van der Waals surface area contributed by atoms with Crippen LogP contribution < -0.4 is 20.6 Å². The normalized spacial score (nSPS) is 9.55. The number of ether oxygens (including phenoxy) is 2. The molecule has 0 aliphatic rings. The Morgan fingerprint density at radius 2 is 1.82 bits per heavy atom. The fourth-order valence-corrected chi connectivity index (χ4v) is 1.58. The molecule has 0 saturated heterocycles. The van der Waals surface area contributed by atoms with Gasteiger partial charge >= 0.3 is 0 Å². The van der Waals surface area contributed by atoms with Gasteiger partial charge < -0.3 is 15.2 Å². The number of hydrogen-bond acceptors (Lipinski definition) is 6. The summed E-state index contributed by atoms with van der Waals surface area (Å²) < 4.78 is 10.4. The van der Waals surface area contributed by atoms with Crippen molar-refractivity contribution in [1.29, 1.82) is 0 Å². The van der Waals surface area contributed by atoms with E-state index < -0.39 is 0 Å². The van der Waals surface area contributed by atoms with Crippen LogP contribution in [0.2, 0.25) is 0 Å². The quantitative estimate of drug-likeness (QED) is 0.643. The second-order valence-corrected chi connectivity index (χ2v) is 3.96. The summed E-state index contributed by atoms with van der Waals surface area (Å²) in [6.45, 7) is 0. The molecule has 0 aliphatic heterocycles. The van der Waals surface area contributed by atoms with Crippen LogP contribution in [0.25, 0.3) is 0 Å². The molecule has 3 N–H and O–H groups in total. The van der Waals surface area contributed by atoms with E-state index in [-0.39, 0.29) is 24.8 Å². The Balaban J connectivity index is 0.00000220. The molecule has 1 aromatic carbocycles. The van der Waals surface area contributed by atoms with E-state index in [4.69, 9.17) is 15.2 Å². The first kappa shape index (κ1) is 19.8. The SMILES string of the molecule is COc1ccc(/C=N/Nc2ccc(N)cn2)cc1OC.Cl.Cl. The fourth-order valence-electron chi connectivity index (χ4n) is 1.58. The van der Waals surface area contributed by atoms with Crippen LogP contribution >= 0.6 is 24.8 Å². The lowest BCUT2D eigenvalue weighted by Gasteiger charge is -2.07. The molecule has 22 heavy (non-hydrogen) atoms. The summed E-state index contributed by atoms with van der Waals surface area (Å²) in [7, 11) is 3.19. The lowest BCUT2D eigenvalue weighted by Crippen LogP contribution is -1.95. The predicted molar refractivity (Wildman–Crippen MR) is 93.9 cm³/mol. The predicted octanol–water partition coefficient (Wildman–Crippen LogP) is 2.97. The lowest BCUT2D eigenvalue weighted by molar-refractivity contribution is 0.355. The van der Waals surface area contributed by atoms with Crippen molar-refractivity contribution in [2.45, 2.75) is 0 Å². The zero-order valence-electron chi connectivity index (χ0n) is 12.1. The summed E-state index contributed by atoms with van der Waals surface area (Å²) in [6.07, 6.45) is 3.23. The minimum absolute atomic E-state index is 0. The van der Waals surface area contributed by atoms with Crippen molar-refractivity contribution in [1.82, 2.24) is 4.98 Å². The largest absolute Gasteiger partial charge is 0.493 e. The highest BCUT2D eigenvalue weighted by Crippen LogP contribution is 2.26. The molecule has 0 aliphatic carbocycles. The van der Waals surface area contributed by atoms with Gasteiger partial charge in [-0.05, 0) is 35.9 Å². The van der Waals surface area contributed by atoms with Gasteiger partial charge in [-0.3, -0.25) is 5.43 Å². The molecule has 1 heterocycles. The third kappa shape index (κ3) is 5.31. The molecule has 0 fully saturated rings. The highest BCUT2D eigenvalue weighted by atomic mass is 35.5. The van der Waals surface area contributed by atoms with Crippen LogP contribution in [0, 0.1) is 0 Å². The molecule has 2 rings (SSSR count). The molecule has 0 amide bonds. The van der Waals surface area contributed by atoms with Crippen LogP contribution in [0.4, 0.5) is 11.5 Å². The first-order chi connectivity index (χ1) is 9.72. The second kappa shape index (κ2) is 9.70. The maximum absolute atomic E-state index is 5.55. The van der Waals surface area contributed by atoms with E-state index in [1.807, 2.05) is 18.2 Å². The molecule has 6 nitrogen and oxygen atoms in total. The number of pyridine rings is 1. The van der Waals surface area contributed by atoms with Crippen LogP contribution in [-0.2, 0) is 0 Å². The van der Waals surface area contributed by atoms with Crippen LogP contribution in [0.15, 0.2) is 41.6 Å². The number of nitrogens with zero attached hydrogens (tertiary/aromatic N) is 2. The standard InChI is InChI=1S/C14H16N4O2.2ClH/c1-19-12-5-3-10(7-13(12)20-2)8-17-18-14-6-4-11(15)9-16-14;;/h3-9H,15H2,1-2H3,(H,16,18);2*1H/b17-8+;;. The fraction of sp³-hybridized carbons (Fsp3) is 0.143. The van der Waals surface area contributed by atoms with Gasteiger partial charge in [0.25, 0.3) is 0 Å². The van der Waals surface area contributed by atoms with Gasteiger partial charge in [0.15, 0.2) is 11.5 Å². The molecular formula is C14H18Cl2N4O2. The molecule has 0 atom stereocenters. The molecule has 0 unspecified atom stereocenters. The summed E-state index contributed by atoms with van der Waals surface area (Å²) in [5, 5.41) is 4.10. The van der Waals surface area contributed by atoms with Crippen LogP contribution in [0.1, 0.15) is 5.56 Å². The van der Waals surface area contributed by atoms with Crippen molar-refractivity contribution in [3.63, 3.8) is 0 Å². The minimum atomic E-state index is 0. The zero-order valence-corrected chi connectivity index (χ0v) is 13.8. The number of halogens is 2. The molecule has 0 radical (unpaired) electrons. The third-order valence-electron chi connectivity index (χ3n) is 2.59. The van der Waals surface area contributed by atoms with Gasteiger partial charge in [-0.2, -0.15) is 5.10 Å². The first-order valence-corrected chi connectivity index (χ1v) is 5.95. The number of rotatable bonds is 5. The Kier molecular flexibility index (Phi) is 8.74. The average molecular weight is 345 g/mol. The molecule has 0 saturated carbocycles. The summed E-state index contributed by atoms with van der Waals surface area (Å²) >= 11 is 0. The molecule has 0 spiro atoms. The molecular weight excluding hydrogens is 327 g/mol. The second-order valence-electron chi connectivity index (χ2n) is 3.96. The summed E-state index contributed by atoms with van der Waals surface area (Å²) in [5.74, 6) is 1.95. The Labute approximate surface area is 141 Å². The number of benzene rings is 1. The zero-order chi connectivity index (χ0) is 14.4. The van der Waals surface area contributed by atoms with E-state index in [1.165, 1.54) is 0 Å². The van der Waals surface area contributed by atoms with Crippen molar-refractivity contribution >= 4 is 42.5 Å². The molecule has 0 bridgehead atoms. The number of hydrazone groups is 1. The maximum atomic E-state index is 5.55. The Hall–Kier alpha value is -2.18. The van der Waals surface area contributed by atoms with Gasteiger partial charge in [0.2, 0.25) is 0 Å². The Morgan fingerprint density at radius 1 is 1.09 bits per heavy atom. The molecule has 1 aromatic heterocycles. The van der Waals surface area contributed by atoms with Gasteiger partial charge in [0.1, 0.15) is 5.82 Å². The monoisotopic (exact) mass is 344 g/mol. The highest BCUT2D eigenvalue weighted by molar-refractivity contribution is 5.85. The summed E-state index contributed by atoms with van der Waals surface area (Å²) in [6, 6.07) is 9.04. The van der Waals surface area contributed by atoms with Crippen molar-refractivity contribution in [3.8, 4) is 11.5 Å². The van der Waals surface area contributed by atoms with Crippen LogP contribution in [-0.4, -0.2) is 25.4 Å². The number of aromatic nitrogens is 1. The average Bonchev–Trinajstić information content (AvgIpc) is 2.49. The highest BCUT2D eigenvalue weighted by Gasteiger charge is 2.02. The third-order valence-corrected chi connectivity index (χ3v) is 2.59. The van der Waals surface area contributed by atoms with Gasteiger partial charge in [0.05, 0.1) is 32.3 Å². The number of nitrogens with two attached hydrogens (primary N) is 1. The van der Waals surface area contributed by atoms with E-state index in [9.17, 15) is 0 Å². The first-order valence-electron chi connectivity index (χ1n) is 5.95. The number of hydrogen-bond donors (Lipinski definition) is 2. The number of nitrogen functional groups attached to an aromatic ring is 1. The van der Waals surface area contributed by atoms with Crippen molar-refractivity contribution in [2.24, 2.45) is 5.10 Å². The van der Waals surface area contributed by atoms with Crippen molar-refractivity contribution in [3.05, 3.63) is 42.1 Å². The van der Waals surface area contributed by atoms with Crippen molar-refractivity contribution in [2.75, 3.05) is 25.4 Å². The van der Waals surface area contributed by atoms with Gasteiger partial charge in [-0.15, -0.1) is 24.8 Å². The van der Waals surface area contributed by atoms with Crippen molar-refractivity contribution < 1.29 is 9.47 Å². The minimum Gasteiger partial charge on any atom is -0.493 e. The van der Waals surface area contributed by atoms with Gasteiger partial charge in [0, 0.05) is 0 Å². The summed E-state index contributed by atoms with van der Waals surface area (Å²) in [5.41, 5.74) is 9.86.